The molecule has 0 aliphatic rings. The monoisotopic (exact) mass is 2760 g/mol. The molecule has 10 aromatic carbocycles. The van der Waals surface area contributed by atoms with Crippen molar-refractivity contribution in [1.29, 1.82) is 0 Å². The van der Waals surface area contributed by atoms with E-state index in [1.807, 2.05) is 97.3 Å². The maximum Gasteiger partial charge on any atom is 0.155 e. The first kappa shape index (κ1) is 126. The molecule has 0 spiro atoms. The average Bonchev–Trinajstić information content (AvgIpc) is 0.793. The van der Waals surface area contributed by atoms with E-state index in [2.05, 4.69) is 292 Å². The van der Waals surface area contributed by atoms with Gasteiger partial charge in [-0.15, -0.1) is 176 Å². The van der Waals surface area contributed by atoms with Crippen LogP contribution in [0.4, 0.5) is 0 Å². The van der Waals surface area contributed by atoms with Gasteiger partial charge in [0.1, 0.15) is 0 Å². The molecule has 0 saturated carbocycles. The molecule has 0 aliphatic carbocycles. The summed E-state index contributed by atoms with van der Waals surface area (Å²) in [7, 11) is 0. The van der Waals surface area contributed by atoms with Crippen LogP contribution in [-0.4, -0.2) is 79.4 Å². The van der Waals surface area contributed by atoms with E-state index in [0.29, 0.717) is 5.92 Å². The van der Waals surface area contributed by atoms with E-state index < -0.39 is 0 Å². The number of para-hydroxylation sites is 1. The van der Waals surface area contributed by atoms with Gasteiger partial charge in [0.05, 0.1) is 45.3 Å². The first-order valence-electron chi connectivity index (χ1n) is 44.7. The number of carbonyl (C=O) groups excluding carboxylic acids is 5. The van der Waals surface area contributed by atoms with Crippen LogP contribution in [0.15, 0.2) is 320 Å². The van der Waals surface area contributed by atoms with Crippen molar-refractivity contribution in [2.75, 3.05) is 0 Å². The summed E-state index contributed by atoms with van der Waals surface area (Å²) in [6.07, 6.45) is 12.9. The normalized spacial score (nSPS) is 10.6. The third-order valence-electron chi connectivity index (χ3n) is 19.4. The fourth-order valence-electron chi connectivity index (χ4n) is 13.8. The summed E-state index contributed by atoms with van der Waals surface area (Å²) in [5.74, 6) is 0.348. The summed E-state index contributed by atoms with van der Waals surface area (Å²) in [5, 5.41) is 45.4. The number of pyridine rings is 5. The average molecular weight is 2760 g/mol. The second kappa shape index (κ2) is 65.9. The van der Waals surface area contributed by atoms with Gasteiger partial charge >= 0.3 is 0 Å². The van der Waals surface area contributed by atoms with Crippen LogP contribution >= 0.6 is 0 Å². The third kappa shape index (κ3) is 47.8. The molecule has 15 aromatic rings. The Balaban J connectivity index is 0.000000800. The first-order valence-corrected chi connectivity index (χ1v) is 44.7. The van der Waals surface area contributed by atoms with Crippen molar-refractivity contribution in [1.82, 2.24) is 24.9 Å². The SMILES string of the molecule is CC(=O)C=C(C)O.CC(=O)C=C(C)O.CC(=O)C=C(C)O.CC(=O)C=C(C)O.CC(=O)C=C(C)O.CCCc1ccc2ccc(-c3[c-]c(C)cc(C)c3)nc2c1.Cc1[c-]c(-c2ccc3ccc(CC(C)C)cc3n2)cc(C)c1.Cc1c[c-]c(-c2ccc3ccccc3n2)cc1C.Cc1cc[c-]c(-c2cc(-c3ccccc3)ccn2)c1.Cc1ccc(-c2ccnc(-c3[c-]cccc3)c2)c(C)c1.[Ir].[Ir].[Ir].[Ir].[Ir]. The van der Waals surface area contributed by atoms with Gasteiger partial charge in [-0.2, -0.15) is 0 Å². The van der Waals surface area contributed by atoms with E-state index in [4.69, 9.17) is 35.5 Å². The van der Waals surface area contributed by atoms with E-state index in [1.165, 1.54) is 188 Å². The Hall–Kier alpha value is -12.0. The zero-order chi connectivity index (χ0) is 99.4. The van der Waals surface area contributed by atoms with Crippen LogP contribution in [0.25, 0.3) is 111 Å². The van der Waals surface area contributed by atoms with Gasteiger partial charge in [0, 0.05) is 143 Å². The molecular weight excluding hydrogens is 2630 g/mol. The Morgan fingerprint density at radius 2 is 0.721 bits per heavy atom. The quantitative estimate of drug-likeness (QED) is 0.0343. The minimum atomic E-state index is -0.125. The van der Waals surface area contributed by atoms with Gasteiger partial charge in [-0.3, -0.25) is 38.9 Å². The second-order valence-corrected chi connectivity index (χ2v) is 33.5. The Bertz CT molecular complexity index is 6470. The Labute approximate surface area is 896 Å². The van der Waals surface area contributed by atoms with Crippen LogP contribution in [0, 0.1) is 98.6 Å². The standard InChI is InChI=1S/C21H22N.C20H20N.C19H16N.C18H14N.C17H14N.5C5H8O2.5Ir/c1-14(2)9-17-5-6-18-7-8-20(22-21(18)13-17)19-11-15(3)10-16(4)12-19;1-4-5-16-6-7-17-8-9-19(21-20(17)13-16)18-11-14(2)10-15(3)12-18;1-14-8-9-18(15(2)12-14)17-10-11-20-19(13-17)16-6-4-3-5-7-16;1-14-6-5-9-17(12-14)18-13-16(10-11-19-18)15-7-3-2-4-8-15;1-12-7-8-15(11-13(12)2)17-10-9-14-5-3-4-6-16(14)18-17;5*1-4(6)3-5(2)7;;;;;/h5-8,10-11,13-14H,9H2,1-4H3;6-11,13H,4-5H2,1-3H3;3-6,8-13H,1-2H3;2-8,10-13H,1H3;3-7,9-11H,1-2H3;5*3,6H,1-2H3;;;;;/q5*-1;;;;;;;;;;. The maximum absolute atomic E-state index is 10.0. The molecule has 0 atom stereocenters. The topological polar surface area (TPSA) is 251 Å². The summed E-state index contributed by atoms with van der Waals surface area (Å²) in [5.41, 5.74) is 32.1. The number of benzene rings is 10. The number of hydrogen-bond donors (Lipinski definition) is 5. The number of fused-ring (bicyclic) bond motifs is 3. The molecular formula is C120H126Ir5N5O10-5. The van der Waals surface area contributed by atoms with Crippen molar-refractivity contribution in [3.8, 4) is 78.5 Å². The Kier molecular flexibility index (Phi) is 59.3. The molecule has 5 heterocycles. The van der Waals surface area contributed by atoms with Crippen molar-refractivity contribution >= 4 is 61.6 Å². The summed E-state index contributed by atoms with van der Waals surface area (Å²) in [6.45, 7) is 39.9. The molecule has 0 aliphatic heterocycles. The van der Waals surface area contributed by atoms with Crippen LogP contribution in [0.2, 0.25) is 0 Å². The largest absolute Gasteiger partial charge is 0.512 e. The van der Waals surface area contributed by atoms with Crippen LogP contribution in [0.3, 0.4) is 0 Å². The van der Waals surface area contributed by atoms with Crippen molar-refractivity contribution in [2.24, 2.45) is 5.92 Å². The van der Waals surface area contributed by atoms with Crippen LogP contribution in [-0.2, 0) is 137 Å². The predicted octanol–water partition coefficient (Wildman–Crippen LogP) is 29.6. The van der Waals surface area contributed by atoms with E-state index >= 15 is 0 Å². The molecule has 0 amide bonds. The molecule has 741 valence electrons. The zero-order valence-corrected chi connectivity index (χ0v) is 95.6. The van der Waals surface area contributed by atoms with Gasteiger partial charge in [-0.05, 0) is 216 Å². The molecule has 5 N–H and O–H groups in total. The Morgan fingerprint density at radius 3 is 1.16 bits per heavy atom. The van der Waals surface area contributed by atoms with E-state index in [1.54, 1.807) is 0 Å². The fraction of sp³-hybridized carbons (Fsp3) is 0.217. The number of aliphatic hydroxyl groups excluding tert-OH is 5. The van der Waals surface area contributed by atoms with E-state index in [9.17, 15) is 24.0 Å². The molecule has 0 fully saturated rings. The van der Waals surface area contributed by atoms with Crippen LogP contribution in [0.1, 0.15) is 158 Å². The fourth-order valence-corrected chi connectivity index (χ4v) is 13.8. The van der Waals surface area contributed by atoms with Gasteiger partial charge in [0.15, 0.2) is 28.9 Å². The molecule has 5 radical (unpaired) electrons. The number of ketones is 5. The summed E-state index contributed by atoms with van der Waals surface area (Å²) in [4.78, 5) is 73.4. The minimum Gasteiger partial charge on any atom is -0.512 e. The summed E-state index contributed by atoms with van der Waals surface area (Å²) < 4.78 is 0. The Morgan fingerprint density at radius 1 is 0.321 bits per heavy atom. The predicted molar refractivity (Wildman–Crippen MR) is 556 cm³/mol. The number of carbonyl (C=O) groups is 5. The maximum atomic E-state index is 10.0. The van der Waals surface area contributed by atoms with Crippen molar-refractivity contribution in [2.45, 2.75) is 172 Å². The smallest absolute Gasteiger partial charge is 0.155 e. The van der Waals surface area contributed by atoms with Gasteiger partial charge in [0.25, 0.3) is 0 Å². The molecule has 20 heteroatoms. The van der Waals surface area contributed by atoms with Crippen molar-refractivity contribution in [3.05, 3.63) is 412 Å². The molecule has 0 saturated heterocycles. The number of aliphatic hydroxyl groups is 5. The van der Waals surface area contributed by atoms with Gasteiger partial charge in [-0.1, -0.05) is 221 Å². The van der Waals surface area contributed by atoms with Gasteiger partial charge < -0.3 is 35.5 Å². The first-order chi connectivity index (χ1) is 64.1. The zero-order valence-electron chi connectivity index (χ0n) is 83.6. The molecule has 15 nitrogen and oxygen atoms in total. The molecule has 0 bridgehead atoms. The third-order valence-corrected chi connectivity index (χ3v) is 19.4. The molecule has 15 rings (SSSR count). The number of aryl methyl sites for hydroxylation is 10. The molecule has 5 aromatic heterocycles. The van der Waals surface area contributed by atoms with Crippen LogP contribution in [0.5, 0.6) is 0 Å². The summed E-state index contributed by atoms with van der Waals surface area (Å²) >= 11 is 0. The summed E-state index contributed by atoms with van der Waals surface area (Å²) in [6, 6.07) is 103. The van der Waals surface area contributed by atoms with Crippen molar-refractivity contribution < 1.29 is 150 Å². The van der Waals surface area contributed by atoms with Gasteiger partial charge in [0.2, 0.25) is 0 Å². The number of nitrogens with zero attached hydrogens (tertiary/aromatic N) is 5. The number of aromatic nitrogens is 5. The van der Waals surface area contributed by atoms with Crippen LogP contribution < -0.4 is 0 Å². The molecule has 140 heavy (non-hydrogen) atoms. The second-order valence-electron chi connectivity index (χ2n) is 33.5. The number of hydrogen-bond acceptors (Lipinski definition) is 15. The number of allylic oxidation sites excluding steroid dienone is 10. The van der Waals surface area contributed by atoms with Crippen molar-refractivity contribution in [3.63, 3.8) is 0 Å². The number of rotatable bonds is 16. The minimum absolute atomic E-state index is 0. The van der Waals surface area contributed by atoms with E-state index in [-0.39, 0.29) is 158 Å². The molecule has 0 unspecified atom stereocenters. The van der Waals surface area contributed by atoms with E-state index in [0.717, 1.165) is 103 Å². The van der Waals surface area contributed by atoms with Gasteiger partial charge in [-0.25, -0.2) is 0 Å².